The third kappa shape index (κ3) is 5.48. The van der Waals surface area contributed by atoms with E-state index in [1.165, 1.54) is 37.5 Å². The fourth-order valence-corrected chi connectivity index (χ4v) is 3.80. The Kier molecular flexibility index (Phi) is 6.54. The lowest BCUT2D eigenvalue weighted by atomic mass is 10.2. The highest BCUT2D eigenvalue weighted by Gasteiger charge is 2.16. The smallest absolute Gasteiger partial charge is 0.262 e. The Bertz CT molecular complexity index is 1160. The van der Waals surface area contributed by atoms with Crippen molar-refractivity contribution in [1.29, 1.82) is 0 Å². The summed E-state index contributed by atoms with van der Waals surface area (Å²) in [5.41, 5.74) is 2.66. The minimum absolute atomic E-state index is 0.0730. The molecular formula is C23H22N2O4S. The van der Waals surface area contributed by atoms with E-state index in [0.717, 1.165) is 11.1 Å². The van der Waals surface area contributed by atoms with Crippen molar-refractivity contribution in [3.05, 3.63) is 90.0 Å². The number of carbonyl (C=O) groups excluding carboxylic acids is 1. The van der Waals surface area contributed by atoms with E-state index in [4.69, 9.17) is 4.74 Å². The van der Waals surface area contributed by atoms with E-state index in [1.54, 1.807) is 18.2 Å². The Hall–Kier alpha value is -3.58. The average Bonchev–Trinajstić information content (AvgIpc) is 2.73. The zero-order valence-corrected chi connectivity index (χ0v) is 17.4. The molecule has 0 fully saturated rings. The third-order valence-corrected chi connectivity index (χ3v) is 5.64. The lowest BCUT2D eigenvalue weighted by molar-refractivity contribution is -0.111. The van der Waals surface area contributed by atoms with Crippen molar-refractivity contribution < 1.29 is 17.9 Å². The maximum atomic E-state index is 12.7. The molecule has 3 aromatic rings. The van der Waals surface area contributed by atoms with Gasteiger partial charge in [-0.1, -0.05) is 36.4 Å². The van der Waals surface area contributed by atoms with E-state index >= 15 is 0 Å². The van der Waals surface area contributed by atoms with Gasteiger partial charge in [0.05, 0.1) is 17.7 Å². The number of anilines is 2. The molecule has 0 bridgehead atoms. The molecule has 30 heavy (non-hydrogen) atoms. The van der Waals surface area contributed by atoms with Crippen LogP contribution in [0.15, 0.2) is 83.8 Å². The molecule has 0 aliphatic rings. The van der Waals surface area contributed by atoms with Gasteiger partial charge < -0.3 is 10.1 Å². The van der Waals surface area contributed by atoms with Crippen LogP contribution in [0.25, 0.3) is 6.08 Å². The largest absolute Gasteiger partial charge is 0.495 e. The zero-order valence-electron chi connectivity index (χ0n) is 16.6. The first kappa shape index (κ1) is 21.1. The molecular weight excluding hydrogens is 400 g/mol. The van der Waals surface area contributed by atoms with Gasteiger partial charge in [0.2, 0.25) is 5.91 Å². The predicted molar refractivity (Wildman–Crippen MR) is 119 cm³/mol. The van der Waals surface area contributed by atoms with Crippen molar-refractivity contribution in [3.8, 4) is 5.75 Å². The predicted octanol–water partition coefficient (Wildman–Crippen LogP) is 4.46. The molecule has 0 unspecified atom stereocenters. The van der Waals surface area contributed by atoms with Crippen LogP contribution in [0.1, 0.15) is 11.1 Å². The Morgan fingerprint density at radius 1 is 0.967 bits per heavy atom. The summed E-state index contributed by atoms with van der Waals surface area (Å²) in [6.07, 6.45) is 3.12. The van der Waals surface area contributed by atoms with Crippen LogP contribution in [0, 0.1) is 6.92 Å². The Morgan fingerprint density at radius 2 is 1.67 bits per heavy atom. The number of ether oxygens (including phenoxy) is 1. The molecule has 3 aromatic carbocycles. The maximum Gasteiger partial charge on any atom is 0.262 e. The molecule has 2 N–H and O–H groups in total. The average molecular weight is 423 g/mol. The van der Waals surface area contributed by atoms with Crippen LogP contribution in [0.4, 0.5) is 11.4 Å². The van der Waals surface area contributed by atoms with Gasteiger partial charge in [-0.2, -0.15) is 0 Å². The summed E-state index contributed by atoms with van der Waals surface area (Å²) >= 11 is 0. The first-order valence-electron chi connectivity index (χ1n) is 9.19. The topological polar surface area (TPSA) is 84.5 Å². The van der Waals surface area contributed by atoms with Crippen LogP contribution in [0.2, 0.25) is 0 Å². The van der Waals surface area contributed by atoms with Crippen LogP contribution in [-0.2, 0) is 14.8 Å². The van der Waals surface area contributed by atoms with E-state index < -0.39 is 10.0 Å². The van der Waals surface area contributed by atoms with Gasteiger partial charge in [-0.15, -0.1) is 0 Å². The van der Waals surface area contributed by atoms with Gasteiger partial charge in [0.1, 0.15) is 5.75 Å². The summed E-state index contributed by atoms with van der Waals surface area (Å²) in [6.45, 7) is 1.86. The van der Waals surface area contributed by atoms with E-state index in [2.05, 4.69) is 10.0 Å². The van der Waals surface area contributed by atoms with Crippen molar-refractivity contribution in [3.63, 3.8) is 0 Å². The number of amides is 1. The minimum atomic E-state index is -3.81. The van der Waals surface area contributed by atoms with Gasteiger partial charge in [-0.05, 0) is 60.5 Å². The van der Waals surface area contributed by atoms with Crippen molar-refractivity contribution in [2.24, 2.45) is 0 Å². The van der Waals surface area contributed by atoms with Gasteiger partial charge in [-0.3, -0.25) is 9.52 Å². The van der Waals surface area contributed by atoms with Gasteiger partial charge in [0, 0.05) is 11.8 Å². The zero-order chi connectivity index (χ0) is 21.6. The van der Waals surface area contributed by atoms with Crippen LogP contribution in [0.5, 0.6) is 5.75 Å². The lowest BCUT2D eigenvalue weighted by Crippen LogP contribution is -2.14. The van der Waals surface area contributed by atoms with Crippen molar-refractivity contribution in [2.45, 2.75) is 11.8 Å². The summed E-state index contributed by atoms with van der Waals surface area (Å²) < 4.78 is 33.2. The van der Waals surface area contributed by atoms with Crippen LogP contribution >= 0.6 is 0 Å². The second-order valence-electron chi connectivity index (χ2n) is 6.57. The molecule has 0 atom stereocenters. The maximum absolute atomic E-state index is 12.7. The minimum Gasteiger partial charge on any atom is -0.495 e. The Morgan fingerprint density at radius 3 is 2.33 bits per heavy atom. The second kappa shape index (κ2) is 9.28. The molecule has 0 heterocycles. The van der Waals surface area contributed by atoms with Crippen LogP contribution < -0.4 is 14.8 Å². The molecule has 0 spiro atoms. The standard InChI is InChI=1S/C23H22N2O4S/c1-17-8-14-22(29-2)21(16-17)25-30(27,28)20-12-10-19(11-13-20)24-23(26)15-9-18-6-4-3-5-7-18/h3-16,25H,1-2H3,(H,24,26)/b15-9+. The molecule has 0 saturated carbocycles. The SMILES string of the molecule is COc1ccc(C)cc1NS(=O)(=O)c1ccc(NC(=O)/C=C/c2ccccc2)cc1. The monoisotopic (exact) mass is 422 g/mol. The molecule has 0 radical (unpaired) electrons. The first-order valence-corrected chi connectivity index (χ1v) is 10.7. The molecule has 0 aliphatic carbocycles. The number of carbonyl (C=O) groups is 1. The van der Waals surface area contributed by atoms with Crippen LogP contribution in [0.3, 0.4) is 0 Å². The number of methoxy groups -OCH3 is 1. The van der Waals surface area contributed by atoms with E-state index in [-0.39, 0.29) is 10.8 Å². The van der Waals surface area contributed by atoms with Crippen molar-refractivity contribution >= 4 is 33.4 Å². The summed E-state index contributed by atoms with van der Waals surface area (Å²) in [6, 6.07) is 20.6. The molecule has 154 valence electrons. The third-order valence-electron chi connectivity index (χ3n) is 4.26. The number of hydrogen-bond acceptors (Lipinski definition) is 4. The van der Waals surface area contributed by atoms with Gasteiger partial charge in [0.25, 0.3) is 10.0 Å². The summed E-state index contributed by atoms with van der Waals surface area (Å²) in [7, 11) is -2.33. The highest BCUT2D eigenvalue weighted by molar-refractivity contribution is 7.92. The highest BCUT2D eigenvalue weighted by atomic mass is 32.2. The van der Waals surface area contributed by atoms with E-state index in [0.29, 0.717) is 17.1 Å². The second-order valence-corrected chi connectivity index (χ2v) is 8.25. The van der Waals surface area contributed by atoms with Gasteiger partial charge >= 0.3 is 0 Å². The number of sulfonamides is 1. The van der Waals surface area contributed by atoms with Crippen molar-refractivity contribution in [1.82, 2.24) is 0 Å². The van der Waals surface area contributed by atoms with Crippen LogP contribution in [-0.4, -0.2) is 21.4 Å². The molecule has 3 rings (SSSR count). The number of nitrogens with one attached hydrogen (secondary N) is 2. The van der Waals surface area contributed by atoms with Gasteiger partial charge in [-0.25, -0.2) is 8.42 Å². The molecule has 7 heteroatoms. The summed E-state index contributed by atoms with van der Waals surface area (Å²) in [5, 5.41) is 2.71. The number of aryl methyl sites for hydroxylation is 1. The fraction of sp³-hybridized carbons (Fsp3) is 0.0870. The Balaban J connectivity index is 1.69. The normalized spacial score (nSPS) is 11.3. The first-order chi connectivity index (χ1) is 14.4. The molecule has 0 saturated heterocycles. The fourth-order valence-electron chi connectivity index (χ4n) is 2.74. The quantitative estimate of drug-likeness (QED) is 0.551. The van der Waals surface area contributed by atoms with E-state index in [9.17, 15) is 13.2 Å². The molecule has 0 aromatic heterocycles. The van der Waals surface area contributed by atoms with E-state index in [1.807, 2.05) is 43.3 Å². The number of benzene rings is 3. The molecule has 0 aliphatic heterocycles. The Labute approximate surface area is 176 Å². The summed E-state index contributed by atoms with van der Waals surface area (Å²) in [4.78, 5) is 12.1. The number of hydrogen-bond donors (Lipinski definition) is 2. The van der Waals surface area contributed by atoms with Crippen molar-refractivity contribution in [2.75, 3.05) is 17.1 Å². The summed E-state index contributed by atoms with van der Waals surface area (Å²) in [5.74, 6) is 0.121. The number of rotatable bonds is 7. The lowest BCUT2D eigenvalue weighted by Gasteiger charge is -2.13. The highest BCUT2D eigenvalue weighted by Crippen LogP contribution is 2.28. The molecule has 1 amide bonds. The van der Waals surface area contributed by atoms with Gasteiger partial charge in [0.15, 0.2) is 0 Å². The molecule has 6 nitrogen and oxygen atoms in total.